The van der Waals surface area contributed by atoms with Gasteiger partial charge in [-0.15, -0.1) is 0 Å². The van der Waals surface area contributed by atoms with E-state index in [2.05, 4.69) is 11.0 Å². The number of nitrogens with zero attached hydrogens (tertiary/aromatic N) is 3. The van der Waals surface area contributed by atoms with Crippen molar-refractivity contribution in [3.05, 3.63) is 89.5 Å². The number of carbonyl (C=O) groups excluding carboxylic acids is 2. The predicted octanol–water partition coefficient (Wildman–Crippen LogP) is 4.90. The van der Waals surface area contributed by atoms with Gasteiger partial charge in [0.05, 0.1) is 64.0 Å². The number of likely N-dealkylation sites (tertiary alicyclic amines) is 1. The zero-order valence-electron chi connectivity index (χ0n) is 32.1. The Morgan fingerprint density at radius 2 is 1.49 bits per heavy atom. The molecule has 13 nitrogen and oxygen atoms in total. The Bertz CT molecular complexity index is 1620. The summed E-state index contributed by atoms with van der Waals surface area (Å²) in [7, 11) is 3.39. The highest BCUT2D eigenvalue weighted by Gasteiger charge is 2.42. The average molecular weight is 762 g/mol. The minimum absolute atomic E-state index is 0.116. The molecule has 3 aromatic carbocycles. The van der Waals surface area contributed by atoms with E-state index in [9.17, 15) is 9.59 Å². The van der Waals surface area contributed by atoms with Crippen LogP contribution in [0, 0.1) is 0 Å². The second kappa shape index (κ2) is 21.1. The van der Waals surface area contributed by atoms with Crippen molar-refractivity contribution in [2.75, 3.05) is 105 Å². The average Bonchev–Trinajstić information content (AvgIpc) is 3.23. The van der Waals surface area contributed by atoms with E-state index in [1.165, 1.54) is 0 Å². The molecule has 13 heteroatoms. The molecule has 2 amide bonds. The summed E-state index contributed by atoms with van der Waals surface area (Å²) < 4.78 is 47.0. The van der Waals surface area contributed by atoms with Crippen molar-refractivity contribution in [3.8, 4) is 11.5 Å². The Morgan fingerprint density at radius 3 is 2.25 bits per heavy atom. The molecule has 0 N–H and O–H groups in total. The highest BCUT2D eigenvalue weighted by molar-refractivity contribution is 5.77. The Hall–Kier alpha value is -4.40. The summed E-state index contributed by atoms with van der Waals surface area (Å²) in [5.41, 5.74) is 3.85. The van der Waals surface area contributed by atoms with Crippen LogP contribution in [0.15, 0.2) is 72.8 Å². The number of fused-ring (bicyclic) bond motifs is 1. The number of hydrogen-bond donors (Lipinski definition) is 0. The Kier molecular flexibility index (Phi) is 15.4. The number of ether oxygens (including phenoxy) is 8. The zero-order chi connectivity index (χ0) is 38.2. The Morgan fingerprint density at radius 1 is 0.745 bits per heavy atom. The maximum atomic E-state index is 13.7. The van der Waals surface area contributed by atoms with Gasteiger partial charge in [0, 0.05) is 59.4 Å². The van der Waals surface area contributed by atoms with Gasteiger partial charge in [-0.2, -0.15) is 0 Å². The minimum atomic E-state index is -0.574. The van der Waals surface area contributed by atoms with Crippen LogP contribution in [0.3, 0.4) is 0 Å². The lowest BCUT2D eigenvalue weighted by Crippen LogP contribution is -2.55. The monoisotopic (exact) mass is 761 g/mol. The molecule has 3 atom stereocenters. The largest absolute Gasteiger partial charge is 0.494 e. The molecule has 2 fully saturated rings. The van der Waals surface area contributed by atoms with Gasteiger partial charge in [-0.3, -0.25) is 4.79 Å². The summed E-state index contributed by atoms with van der Waals surface area (Å²) in [6, 6.07) is 23.6. The molecule has 3 heterocycles. The fourth-order valence-electron chi connectivity index (χ4n) is 7.18. The predicted molar refractivity (Wildman–Crippen MR) is 206 cm³/mol. The van der Waals surface area contributed by atoms with Crippen LogP contribution in [0.25, 0.3) is 0 Å². The molecule has 0 saturated carbocycles. The van der Waals surface area contributed by atoms with Crippen molar-refractivity contribution < 1.29 is 47.5 Å². The number of amides is 2. The van der Waals surface area contributed by atoms with Crippen molar-refractivity contribution >= 4 is 17.7 Å². The van der Waals surface area contributed by atoms with Crippen LogP contribution in [0.2, 0.25) is 0 Å². The molecule has 0 aromatic heterocycles. The standard InChI is InChI=1S/C42H55N3O10/c1-48-20-6-16-43-19-25-52-37-15-10-33(26-36(37)43)30-53-38-27-45(42(47)55-29-32-8-4-3-5-9-32)28-39(54-31-40(46)44-17-23-50-24-18-44)41(38)34-11-13-35(14-12-34)51-22-7-21-49-2/h3-5,8-15,26,38-39,41H,6-7,16-25,27-31H2,1-2H3/t38-,39+,41+/m0/s1. The van der Waals surface area contributed by atoms with Crippen LogP contribution in [-0.4, -0.2) is 134 Å². The first-order chi connectivity index (χ1) is 27.0. The first-order valence-corrected chi connectivity index (χ1v) is 19.3. The number of carbonyl (C=O) groups is 2. The van der Waals surface area contributed by atoms with Crippen LogP contribution in [0.4, 0.5) is 10.5 Å². The van der Waals surface area contributed by atoms with Gasteiger partial charge in [-0.05, 0) is 47.4 Å². The molecular weight excluding hydrogens is 706 g/mol. The van der Waals surface area contributed by atoms with Gasteiger partial charge in [-0.1, -0.05) is 48.5 Å². The van der Waals surface area contributed by atoms with E-state index in [0.717, 1.165) is 59.8 Å². The van der Waals surface area contributed by atoms with Gasteiger partial charge in [0.1, 0.15) is 31.3 Å². The third kappa shape index (κ3) is 11.6. The lowest BCUT2D eigenvalue weighted by Gasteiger charge is -2.43. The quantitative estimate of drug-likeness (QED) is 0.165. The smallest absolute Gasteiger partial charge is 0.410 e. The SMILES string of the molecule is COCCCOc1ccc([C@@H]2[C@@H](OCc3ccc4c(c3)N(CCCOC)CCO4)CN(C(=O)OCc3ccccc3)C[C@H]2OCC(=O)N2CCOCC2)cc1. The molecule has 0 spiro atoms. The molecule has 0 aliphatic carbocycles. The maximum Gasteiger partial charge on any atom is 0.410 e. The van der Waals surface area contributed by atoms with Crippen LogP contribution < -0.4 is 14.4 Å². The highest BCUT2D eigenvalue weighted by Crippen LogP contribution is 2.36. The maximum absolute atomic E-state index is 13.7. The summed E-state index contributed by atoms with van der Waals surface area (Å²) in [6.07, 6.45) is 0.138. The number of morpholine rings is 1. The number of rotatable bonds is 18. The summed E-state index contributed by atoms with van der Waals surface area (Å²) in [5.74, 6) is 1.16. The van der Waals surface area contributed by atoms with E-state index in [4.69, 9.17) is 37.9 Å². The van der Waals surface area contributed by atoms with Gasteiger partial charge in [-0.25, -0.2) is 4.79 Å². The van der Waals surface area contributed by atoms with Crippen molar-refractivity contribution in [1.82, 2.24) is 9.80 Å². The summed E-state index contributed by atoms with van der Waals surface area (Å²) >= 11 is 0. The van der Waals surface area contributed by atoms with E-state index in [-0.39, 0.29) is 44.7 Å². The van der Waals surface area contributed by atoms with Gasteiger partial charge in [0.25, 0.3) is 0 Å². The van der Waals surface area contributed by atoms with Crippen LogP contribution in [0.5, 0.6) is 11.5 Å². The Balaban J connectivity index is 1.24. The first-order valence-electron chi connectivity index (χ1n) is 19.3. The summed E-state index contributed by atoms with van der Waals surface area (Å²) in [4.78, 5) is 32.8. The van der Waals surface area contributed by atoms with Crippen LogP contribution >= 0.6 is 0 Å². The lowest BCUT2D eigenvalue weighted by atomic mass is 9.84. The molecular formula is C42H55N3O10. The van der Waals surface area contributed by atoms with E-state index in [0.29, 0.717) is 52.7 Å². The number of benzene rings is 3. The van der Waals surface area contributed by atoms with Crippen molar-refractivity contribution in [1.29, 1.82) is 0 Å². The summed E-state index contributed by atoms with van der Waals surface area (Å²) in [6.45, 7) is 6.90. The van der Waals surface area contributed by atoms with Gasteiger partial charge >= 0.3 is 6.09 Å². The van der Waals surface area contributed by atoms with E-state index in [1.807, 2.05) is 66.7 Å². The lowest BCUT2D eigenvalue weighted by molar-refractivity contribution is -0.147. The van der Waals surface area contributed by atoms with Gasteiger partial charge in [0.2, 0.25) is 5.91 Å². The molecule has 3 aromatic rings. The first kappa shape index (κ1) is 40.3. The fourth-order valence-corrected chi connectivity index (χ4v) is 7.18. The third-order valence-corrected chi connectivity index (χ3v) is 10.1. The van der Waals surface area contributed by atoms with Crippen molar-refractivity contribution in [3.63, 3.8) is 0 Å². The molecule has 6 rings (SSSR count). The molecule has 0 bridgehead atoms. The van der Waals surface area contributed by atoms with Crippen molar-refractivity contribution in [2.45, 2.75) is 44.2 Å². The highest BCUT2D eigenvalue weighted by atomic mass is 16.6. The molecule has 3 aliphatic rings. The van der Waals surface area contributed by atoms with Crippen LogP contribution in [0.1, 0.15) is 35.4 Å². The molecule has 55 heavy (non-hydrogen) atoms. The number of anilines is 1. The topological polar surface area (TPSA) is 118 Å². The molecule has 0 radical (unpaired) electrons. The number of hydrogen-bond acceptors (Lipinski definition) is 11. The summed E-state index contributed by atoms with van der Waals surface area (Å²) in [5, 5.41) is 0. The fraction of sp³-hybridized carbons (Fsp3) is 0.524. The van der Waals surface area contributed by atoms with E-state index >= 15 is 0 Å². The second-order valence-corrected chi connectivity index (χ2v) is 13.9. The zero-order valence-corrected chi connectivity index (χ0v) is 32.1. The third-order valence-electron chi connectivity index (χ3n) is 10.1. The minimum Gasteiger partial charge on any atom is -0.494 e. The molecule has 3 aliphatic heterocycles. The molecule has 298 valence electrons. The molecule has 0 unspecified atom stereocenters. The van der Waals surface area contributed by atoms with E-state index < -0.39 is 18.3 Å². The van der Waals surface area contributed by atoms with Gasteiger partial charge in [0.15, 0.2) is 0 Å². The number of methoxy groups -OCH3 is 2. The van der Waals surface area contributed by atoms with E-state index in [1.54, 1.807) is 24.0 Å². The molecule has 2 saturated heterocycles. The van der Waals surface area contributed by atoms with Crippen LogP contribution in [-0.2, 0) is 46.4 Å². The van der Waals surface area contributed by atoms with Crippen molar-refractivity contribution in [2.24, 2.45) is 0 Å². The van der Waals surface area contributed by atoms with Gasteiger partial charge < -0.3 is 52.6 Å². The Labute approximate surface area is 324 Å². The second-order valence-electron chi connectivity index (χ2n) is 13.9. The number of piperidine rings is 1. The normalized spacial score (nSPS) is 19.7.